The van der Waals surface area contributed by atoms with Crippen molar-refractivity contribution < 1.29 is 19.0 Å². The number of pyridine rings is 1. The minimum atomic E-state index is -0.728. The number of carbonyl (C=O) groups is 1. The third-order valence-corrected chi connectivity index (χ3v) is 7.68. The molecule has 0 radical (unpaired) electrons. The van der Waals surface area contributed by atoms with Crippen LogP contribution in [0.15, 0.2) is 42.6 Å². The number of rotatable bonds is 2. The molecule has 0 spiro atoms. The molecule has 2 aliphatic rings. The van der Waals surface area contributed by atoms with Gasteiger partial charge in [0.25, 0.3) is 0 Å². The predicted molar refractivity (Wildman–Crippen MR) is 149 cm³/mol. The molecule has 2 saturated heterocycles. The molecule has 2 bridgehead atoms. The van der Waals surface area contributed by atoms with E-state index >= 15 is 4.39 Å². The number of nitrogens with zero attached hydrogens (tertiary/aromatic N) is 5. The summed E-state index contributed by atoms with van der Waals surface area (Å²) in [6, 6.07) is 10.2. The van der Waals surface area contributed by atoms with Crippen molar-refractivity contribution in [3.8, 4) is 11.3 Å². The number of carbonyl (C=O) groups excluding carboxylic acids is 1. The molecule has 4 heterocycles. The standard InChI is InChI=1S/C28H26Cl2FN5O3/c1-28(2,3)39-27(38)36-15-10-20(37)19(36)13-35(12-15)25-17-11-32-23(22(31)24(17)33-26(30)34-25)16-8-4-6-14-7-5-9-18(29)21(14)16/h4-9,11,15,19-20,37H,10,12-13H2,1-3H3/t15-,19-,20-/m1/s1. The number of aliphatic hydroxyl groups excluding tert-OH is 1. The molecule has 2 fully saturated rings. The Bertz CT molecular complexity index is 1620. The second kappa shape index (κ2) is 9.43. The van der Waals surface area contributed by atoms with Crippen LogP contribution in [0, 0.1) is 5.82 Å². The smallest absolute Gasteiger partial charge is 0.411 e. The van der Waals surface area contributed by atoms with E-state index in [-0.39, 0.29) is 29.1 Å². The van der Waals surface area contributed by atoms with E-state index in [4.69, 9.17) is 27.9 Å². The maximum Gasteiger partial charge on any atom is 0.411 e. The first kappa shape index (κ1) is 26.0. The fraction of sp³-hybridized carbons (Fsp3) is 0.357. The first-order valence-electron chi connectivity index (χ1n) is 12.7. The molecule has 2 aromatic carbocycles. The Balaban J connectivity index is 1.41. The molecule has 11 heteroatoms. The lowest BCUT2D eigenvalue weighted by Gasteiger charge is -2.42. The average Bonchev–Trinajstić information content (AvgIpc) is 3.07. The molecule has 2 aliphatic heterocycles. The van der Waals surface area contributed by atoms with Crippen molar-refractivity contribution in [2.24, 2.45) is 0 Å². The summed E-state index contributed by atoms with van der Waals surface area (Å²) in [6.07, 6.45) is 0.739. The molecular formula is C28H26Cl2FN5O3. The van der Waals surface area contributed by atoms with Crippen molar-refractivity contribution in [1.82, 2.24) is 19.9 Å². The van der Waals surface area contributed by atoms with E-state index in [1.807, 2.05) is 29.2 Å². The summed E-state index contributed by atoms with van der Waals surface area (Å²) in [5, 5.41) is 13.1. The van der Waals surface area contributed by atoms with Gasteiger partial charge in [-0.25, -0.2) is 14.2 Å². The molecule has 8 nitrogen and oxygen atoms in total. The Morgan fingerprint density at radius 1 is 1.13 bits per heavy atom. The van der Waals surface area contributed by atoms with E-state index in [2.05, 4.69) is 15.0 Å². The van der Waals surface area contributed by atoms with Gasteiger partial charge in [0, 0.05) is 35.3 Å². The first-order chi connectivity index (χ1) is 18.5. The molecule has 1 N–H and O–H groups in total. The van der Waals surface area contributed by atoms with Crippen LogP contribution in [0.5, 0.6) is 0 Å². The lowest BCUT2D eigenvalue weighted by Crippen LogP contribution is -2.58. The van der Waals surface area contributed by atoms with Gasteiger partial charge >= 0.3 is 6.09 Å². The lowest BCUT2D eigenvalue weighted by atomic mass is 10.0. The molecular weight excluding hydrogens is 544 g/mol. The molecule has 0 unspecified atom stereocenters. The van der Waals surface area contributed by atoms with Gasteiger partial charge in [-0.1, -0.05) is 41.9 Å². The predicted octanol–water partition coefficient (Wildman–Crippen LogP) is 5.85. The number of halogens is 3. The summed E-state index contributed by atoms with van der Waals surface area (Å²) in [6.45, 7) is 6.03. The summed E-state index contributed by atoms with van der Waals surface area (Å²) in [7, 11) is 0. The number of aromatic nitrogens is 3. The largest absolute Gasteiger partial charge is 0.444 e. The second-order valence-corrected chi connectivity index (χ2v) is 11.7. The van der Waals surface area contributed by atoms with Gasteiger partial charge in [0.15, 0.2) is 5.82 Å². The van der Waals surface area contributed by atoms with Gasteiger partial charge in [-0.15, -0.1) is 0 Å². The van der Waals surface area contributed by atoms with E-state index in [0.29, 0.717) is 40.1 Å². The number of piperazine rings is 1. The Labute approximate surface area is 234 Å². The molecule has 6 rings (SSSR count). The fourth-order valence-electron chi connectivity index (χ4n) is 5.64. The van der Waals surface area contributed by atoms with Gasteiger partial charge < -0.3 is 14.7 Å². The Morgan fingerprint density at radius 3 is 2.59 bits per heavy atom. The van der Waals surface area contributed by atoms with Crippen molar-refractivity contribution in [3.05, 3.63) is 58.7 Å². The van der Waals surface area contributed by atoms with E-state index in [0.717, 1.165) is 5.39 Å². The van der Waals surface area contributed by atoms with E-state index in [1.165, 1.54) is 6.20 Å². The topological polar surface area (TPSA) is 91.7 Å². The van der Waals surface area contributed by atoms with Crippen LogP contribution >= 0.6 is 23.2 Å². The highest BCUT2D eigenvalue weighted by Gasteiger charge is 2.49. The summed E-state index contributed by atoms with van der Waals surface area (Å²) in [5.74, 6) is -0.243. The first-order valence-corrected chi connectivity index (χ1v) is 13.4. The zero-order valence-corrected chi connectivity index (χ0v) is 23.0. The zero-order valence-electron chi connectivity index (χ0n) is 21.5. The zero-order chi connectivity index (χ0) is 27.6. The third-order valence-electron chi connectivity index (χ3n) is 7.20. The van der Waals surface area contributed by atoms with E-state index in [9.17, 15) is 9.90 Å². The highest BCUT2D eigenvalue weighted by molar-refractivity contribution is 6.36. The van der Waals surface area contributed by atoms with Crippen LogP contribution < -0.4 is 4.90 Å². The van der Waals surface area contributed by atoms with Crippen LogP contribution in [-0.2, 0) is 4.74 Å². The van der Waals surface area contributed by atoms with E-state index in [1.54, 1.807) is 37.8 Å². The number of anilines is 1. The number of hydrogen-bond donors (Lipinski definition) is 1. The van der Waals surface area contributed by atoms with Crippen molar-refractivity contribution in [1.29, 1.82) is 0 Å². The molecule has 4 aromatic rings. The van der Waals surface area contributed by atoms with Crippen LogP contribution in [0.2, 0.25) is 10.3 Å². The highest BCUT2D eigenvalue weighted by Crippen LogP contribution is 2.39. The SMILES string of the molecule is CC(C)(C)OC(=O)N1[C@@H]2C[C@@H](O)[C@H]1CN(c1nc(Cl)nc3c(F)c(-c4cccc5cccc(Cl)c45)ncc13)C2. The molecule has 39 heavy (non-hydrogen) atoms. The van der Waals surface area contributed by atoms with Crippen molar-refractivity contribution >= 4 is 56.8 Å². The summed E-state index contributed by atoms with van der Waals surface area (Å²) >= 11 is 12.8. The molecule has 3 atom stereocenters. The minimum Gasteiger partial charge on any atom is -0.444 e. The Morgan fingerprint density at radius 2 is 1.87 bits per heavy atom. The van der Waals surface area contributed by atoms with Gasteiger partial charge in [-0.05, 0) is 50.2 Å². The van der Waals surface area contributed by atoms with Crippen LogP contribution in [0.4, 0.5) is 15.0 Å². The van der Waals surface area contributed by atoms with Crippen LogP contribution in [0.3, 0.4) is 0 Å². The van der Waals surface area contributed by atoms with E-state index < -0.39 is 29.7 Å². The van der Waals surface area contributed by atoms with Gasteiger partial charge in [-0.3, -0.25) is 9.88 Å². The monoisotopic (exact) mass is 569 g/mol. The second-order valence-electron chi connectivity index (χ2n) is 11.0. The summed E-state index contributed by atoms with van der Waals surface area (Å²) in [5.41, 5.74) is 0.0131. The number of benzene rings is 2. The van der Waals surface area contributed by atoms with Crippen molar-refractivity contribution in [2.75, 3.05) is 18.0 Å². The number of amides is 1. The molecule has 1 amide bonds. The third kappa shape index (κ3) is 4.52. The number of fused-ring (bicyclic) bond motifs is 4. The fourth-order valence-corrected chi connectivity index (χ4v) is 6.09. The number of ether oxygens (including phenoxy) is 1. The molecule has 202 valence electrons. The van der Waals surface area contributed by atoms with Crippen LogP contribution in [0.25, 0.3) is 32.9 Å². The number of aliphatic hydroxyl groups is 1. The quantitative estimate of drug-likeness (QED) is 0.303. The Hall–Kier alpha value is -3.27. The van der Waals surface area contributed by atoms with Gasteiger partial charge in [-0.2, -0.15) is 4.98 Å². The molecule has 0 aliphatic carbocycles. The minimum absolute atomic E-state index is 0.0292. The summed E-state index contributed by atoms with van der Waals surface area (Å²) in [4.78, 5) is 29.6. The van der Waals surface area contributed by atoms with Gasteiger partial charge in [0.1, 0.15) is 22.6 Å². The van der Waals surface area contributed by atoms with Crippen LogP contribution in [-0.4, -0.2) is 67.9 Å². The normalized spacial score (nSPS) is 21.2. The molecule has 0 saturated carbocycles. The molecule has 2 aromatic heterocycles. The van der Waals surface area contributed by atoms with Gasteiger partial charge in [0.05, 0.1) is 23.6 Å². The summed E-state index contributed by atoms with van der Waals surface area (Å²) < 4.78 is 21.7. The highest BCUT2D eigenvalue weighted by atomic mass is 35.5. The van der Waals surface area contributed by atoms with Crippen LogP contribution in [0.1, 0.15) is 27.2 Å². The maximum absolute atomic E-state index is 16.1. The van der Waals surface area contributed by atoms with Crippen molar-refractivity contribution in [3.63, 3.8) is 0 Å². The average molecular weight is 570 g/mol. The maximum atomic E-state index is 16.1. The Kier molecular flexibility index (Phi) is 6.28. The van der Waals surface area contributed by atoms with Crippen molar-refractivity contribution in [2.45, 2.75) is 51.0 Å². The lowest BCUT2D eigenvalue weighted by molar-refractivity contribution is 0.00605. The number of hydrogen-bond acceptors (Lipinski definition) is 7. The van der Waals surface area contributed by atoms with Gasteiger partial charge in [0.2, 0.25) is 5.28 Å².